The molecule has 154 valence electrons. The van der Waals surface area contributed by atoms with Crippen LogP contribution in [0.3, 0.4) is 0 Å². The second-order valence-electron chi connectivity index (χ2n) is 7.16. The second-order valence-corrected chi connectivity index (χ2v) is 7.57. The topological polar surface area (TPSA) is 70.0 Å². The summed E-state index contributed by atoms with van der Waals surface area (Å²) in [5.41, 5.74) is 2.33. The standard InChI is InChI=1S/C21H23ClN2O5/c1-27-7-4-8-29-20-10-14-13(9-16(20)22)18-11-19(25)15(21(26)28-2)12-24(18)23-6-3-5-17(14)23/h9-12,17H,3-8H2,1-2H3. The zero-order valence-corrected chi connectivity index (χ0v) is 17.2. The monoisotopic (exact) mass is 418 g/mol. The van der Waals surface area contributed by atoms with Gasteiger partial charge >= 0.3 is 5.97 Å². The van der Waals surface area contributed by atoms with Crippen molar-refractivity contribution in [3.8, 4) is 17.0 Å². The maximum Gasteiger partial charge on any atom is 0.343 e. The molecule has 1 unspecified atom stereocenters. The van der Waals surface area contributed by atoms with Gasteiger partial charge in [0, 0.05) is 44.5 Å². The summed E-state index contributed by atoms with van der Waals surface area (Å²) in [6.07, 6.45) is 4.33. The summed E-state index contributed by atoms with van der Waals surface area (Å²) in [7, 11) is 2.93. The predicted octanol–water partition coefficient (Wildman–Crippen LogP) is 3.16. The molecular weight excluding hydrogens is 396 g/mol. The van der Waals surface area contributed by atoms with Crippen LogP contribution in [0.4, 0.5) is 0 Å². The summed E-state index contributed by atoms with van der Waals surface area (Å²) in [5, 5.41) is 2.66. The number of nitrogens with zero attached hydrogens (tertiary/aromatic N) is 2. The number of esters is 1. The fourth-order valence-corrected chi connectivity index (χ4v) is 4.31. The van der Waals surface area contributed by atoms with Crippen LogP contribution in [0.25, 0.3) is 11.3 Å². The van der Waals surface area contributed by atoms with Gasteiger partial charge in [0.25, 0.3) is 0 Å². The smallest absolute Gasteiger partial charge is 0.343 e. The maximum absolute atomic E-state index is 12.5. The number of fused-ring (bicyclic) bond motifs is 6. The number of hydrogen-bond acceptors (Lipinski definition) is 6. The molecule has 7 nitrogen and oxygen atoms in total. The van der Waals surface area contributed by atoms with Crippen molar-refractivity contribution >= 4 is 17.6 Å². The van der Waals surface area contributed by atoms with Crippen LogP contribution in [0.2, 0.25) is 5.02 Å². The van der Waals surface area contributed by atoms with Gasteiger partial charge in [0.2, 0.25) is 0 Å². The van der Waals surface area contributed by atoms with E-state index in [0.717, 1.165) is 36.9 Å². The zero-order chi connectivity index (χ0) is 20.5. The Bertz CT molecular complexity index is 1000. The van der Waals surface area contributed by atoms with E-state index in [0.29, 0.717) is 29.7 Å². The van der Waals surface area contributed by atoms with Gasteiger partial charge in [0.05, 0.1) is 30.5 Å². The number of aromatic nitrogens is 1. The summed E-state index contributed by atoms with van der Waals surface area (Å²) in [6, 6.07) is 5.44. The first-order valence-electron chi connectivity index (χ1n) is 9.62. The highest BCUT2D eigenvalue weighted by atomic mass is 35.5. The van der Waals surface area contributed by atoms with Gasteiger partial charge in [-0.1, -0.05) is 11.6 Å². The summed E-state index contributed by atoms with van der Waals surface area (Å²) in [4.78, 5) is 24.5. The molecule has 1 fully saturated rings. The minimum absolute atomic E-state index is 0.0227. The normalized spacial score (nSPS) is 16.8. The van der Waals surface area contributed by atoms with Crippen LogP contribution >= 0.6 is 11.6 Å². The lowest BCUT2D eigenvalue weighted by atomic mass is 9.94. The second kappa shape index (κ2) is 8.08. The third-order valence-corrected chi connectivity index (χ3v) is 5.72. The van der Waals surface area contributed by atoms with E-state index in [-0.39, 0.29) is 17.0 Å². The quantitative estimate of drug-likeness (QED) is 0.530. The number of halogens is 1. The van der Waals surface area contributed by atoms with E-state index in [1.807, 2.05) is 16.8 Å². The van der Waals surface area contributed by atoms with Crippen molar-refractivity contribution in [2.75, 3.05) is 39.0 Å². The molecule has 1 aromatic carbocycles. The van der Waals surface area contributed by atoms with Gasteiger partial charge in [0.15, 0.2) is 5.43 Å². The molecule has 2 aliphatic heterocycles. The van der Waals surface area contributed by atoms with E-state index in [1.165, 1.54) is 13.2 Å². The lowest BCUT2D eigenvalue weighted by Gasteiger charge is -2.37. The molecule has 3 heterocycles. The lowest BCUT2D eigenvalue weighted by Crippen LogP contribution is -2.39. The van der Waals surface area contributed by atoms with Crippen molar-refractivity contribution in [2.24, 2.45) is 0 Å². The number of rotatable bonds is 6. The van der Waals surface area contributed by atoms with Crippen molar-refractivity contribution in [1.29, 1.82) is 0 Å². The molecule has 1 atom stereocenters. The first-order chi connectivity index (χ1) is 14.0. The molecular formula is C21H23ClN2O5. The molecule has 0 amide bonds. The SMILES string of the molecule is COCCCOc1cc2c(cc1Cl)-c1cc(=O)c(C(=O)OC)cn1N1CCCC21. The average molecular weight is 419 g/mol. The van der Waals surface area contributed by atoms with Gasteiger partial charge in [-0.15, -0.1) is 0 Å². The van der Waals surface area contributed by atoms with Crippen LogP contribution in [0.5, 0.6) is 5.75 Å². The van der Waals surface area contributed by atoms with Crippen molar-refractivity contribution in [3.05, 3.63) is 50.8 Å². The Morgan fingerprint density at radius 1 is 1.24 bits per heavy atom. The average Bonchev–Trinajstić information content (AvgIpc) is 3.21. The Morgan fingerprint density at radius 3 is 2.83 bits per heavy atom. The molecule has 2 aromatic rings. The Labute approximate surface area is 173 Å². The van der Waals surface area contributed by atoms with Gasteiger partial charge < -0.3 is 19.2 Å². The van der Waals surface area contributed by atoms with Gasteiger partial charge in [-0.2, -0.15) is 0 Å². The number of ether oxygens (including phenoxy) is 3. The molecule has 29 heavy (non-hydrogen) atoms. The largest absolute Gasteiger partial charge is 0.492 e. The minimum Gasteiger partial charge on any atom is -0.492 e. The first kappa shape index (κ1) is 19.8. The zero-order valence-electron chi connectivity index (χ0n) is 16.4. The highest BCUT2D eigenvalue weighted by molar-refractivity contribution is 6.32. The number of benzene rings is 1. The van der Waals surface area contributed by atoms with Crippen LogP contribution in [-0.4, -0.2) is 44.6 Å². The Hall–Kier alpha value is -2.51. The lowest BCUT2D eigenvalue weighted by molar-refractivity contribution is 0.0598. The Morgan fingerprint density at radius 2 is 2.07 bits per heavy atom. The fourth-order valence-electron chi connectivity index (χ4n) is 4.09. The van der Waals surface area contributed by atoms with E-state index in [4.69, 9.17) is 25.8 Å². The molecule has 2 aliphatic rings. The van der Waals surface area contributed by atoms with Crippen LogP contribution in [0.1, 0.15) is 41.2 Å². The van der Waals surface area contributed by atoms with Crippen LogP contribution < -0.4 is 15.2 Å². The summed E-state index contributed by atoms with van der Waals surface area (Å²) >= 11 is 6.50. The summed E-state index contributed by atoms with van der Waals surface area (Å²) in [6.45, 7) is 1.96. The molecule has 4 rings (SSSR count). The van der Waals surface area contributed by atoms with Gasteiger partial charge in [-0.05, 0) is 30.5 Å². The third kappa shape index (κ3) is 3.49. The van der Waals surface area contributed by atoms with Crippen LogP contribution in [0.15, 0.2) is 29.2 Å². The van der Waals surface area contributed by atoms with E-state index in [2.05, 4.69) is 5.01 Å². The molecule has 0 N–H and O–H groups in total. The van der Waals surface area contributed by atoms with Gasteiger partial charge in [0.1, 0.15) is 11.3 Å². The molecule has 8 heteroatoms. The third-order valence-electron chi connectivity index (χ3n) is 5.43. The van der Waals surface area contributed by atoms with E-state index >= 15 is 0 Å². The fraction of sp³-hybridized carbons (Fsp3) is 0.429. The molecule has 0 spiro atoms. The number of carbonyl (C=O) groups excluding carboxylic acids is 1. The van der Waals surface area contributed by atoms with Gasteiger partial charge in [-0.25, -0.2) is 4.79 Å². The number of hydrogen-bond donors (Lipinski definition) is 0. The highest BCUT2D eigenvalue weighted by Crippen LogP contribution is 2.45. The molecule has 0 aliphatic carbocycles. The summed E-state index contributed by atoms with van der Waals surface area (Å²) < 4.78 is 17.6. The Kier molecular flexibility index (Phi) is 5.52. The molecule has 1 aromatic heterocycles. The van der Waals surface area contributed by atoms with E-state index in [1.54, 1.807) is 13.3 Å². The predicted molar refractivity (Wildman–Crippen MR) is 110 cm³/mol. The van der Waals surface area contributed by atoms with Crippen molar-refractivity contribution in [3.63, 3.8) is 0 Å². The van der Waals surface area contributed by atoms with Gasteiger partial charge in [-0.3, -0.25) is 9.47 Å². The molecule has 1 saturated heterocycles. The molecule has 0 bridgehead atoms. The highest BCUT2D eigenvalue weighted by Gasteiger charge is 2.35. The Balaban J connectivity index is 1.79. The first-order valence-corrected chi connectivity index (χ1v) is 10.0. The maximum atomic E-state index is 12.5. The molecule has 0 saturated carbocycles. The minimum atomic E-state index is -0.635. The number of carbonyl (C=O) groups is 1. The number of methoxy groups -OCH3 is 2. The molecule has 0 radical (unpaired) electrons. The van der Waals surface area contributed by atoms with Crippen molar-refractivity contribution in [2.45, 2.75) is 25.3 Å². The van der Waals surface area contributed by atoms with E-state index < -0.39 is 5.97 Å². The van der Waals surface area contributed by atoms with Crippen LogP contribution in [-0.2, 0) is 9.47 Å². The number of pyridine rings is 1. The summed E-state index contributed by atoms with van der Waals surface area (Å²) in [5.74, 6) is 0.0000284. The van der Waals surface area contributed by atoms with Crippen molar-refractivity contribution < 1.29 is 19.0 Å². The van der Waals surface area contributed by atoms with Crippen LogP contribution in [0, 0.1) is 0 Å². The van der Waals surface area contributed by atoms with Crippen molar-refractivity contribution in [1.82, 2.24) is 4.68 Å². The van der Waals surface area contributed by atoms with E-state index in [9.17, 15) is 9.59 Å².